The number of thiophene rings is 1. The lowest BCUT2D eigenvalue weighted by atomic mass is 9.89. The quantitative estimate of drug-likeness (QED) is 0.200. The minimum atomic E-state index is -0.0218. The van der Waals surface area contributed by atoms with Crippen molar-refractivity contribution in [1.29, 1.82) is 0 Å². The first-order chi connectivity index (χ1) is 18.5. The maximum atomic E-state index is 14.3. The van der Waals surface area contributed by atoms with E-state index in [1.54, 1.807) is 4.42 Å². The SMILES string of the molecule is CCOc1ccc(-c2ccccc2)cc1CN(C(=O)c1sc2ccccc2c1Cl)C1CCC(N(C)Cl)CC1. The average Bonchev–Trinajstić information content (AvgIpc) is 3.29. The van der Waals surface area contributed by atoms with Crippen LogP contribution in [0.5, 0.6) is 5.75 Å². The molecule has 0 saturated heterocycles. The van der Waals surface area contributed by atoms with Crippen molar-refractivity contribution in [3.63, 3.8) is 0 Å². The van der Waals surface area contributed by atoms with Gasteiger partial charge in [-0.1, -0.05) is 66.2 Å². The van der Waals surface area contributed by atoms with Crippen molar-refractivity contribution in [3.05, 3.63) is 88.3 Å². The van der Waals surface area contributed by atoms with Crippen LogP contribution in [0.15, 0.2) is 72.8 Å². The molecule has 1 saturated carbocycles. The highest BCUT2D eigenvalue weighted by Gasteiger charge is 2.33. The molecule has 7 heteroatoms. The van der Waals surface area contributed by atoms with Crippen LogP contribution in [-0.2, 0) is 6.54 Å². The Morgan fingerprint density at radius 3 is 2.32 bits per heavy atom. The van der Waals surface area contributed by atoms with E-state index in [2.05, 4.69) is 24.3 Å². The normalized spacial score (nSPS) is 17.6. The molecule has 1 amide bonds. The molecule has 0 atom stereocenters. The third kappa shape index (κ3) is 5.72. The summed E-state index contributed by atoms with van der Waals surface area (Å²) < 4.78 is 8.84. The molecular formula is C31H32Cl2N2O2S. The highest BCUT2D eigenvalue weighted by atomic mass is 35.5. The van der Waals surface area contributed by atoms with Crippen LogP contribution in [0.3, 0.4) is 0 Å². The molecule has 3 aromatic carbocycles. The van der Waals surface area contributed by atoms with Gasteiger partial charge in [0.15, 0.2) is 0 Å². The molecule has 1 aliphatic rings. The van der Waals surface area contributed by atoms with Gasteiger partial charge in [0.2, 0.25) is 0 Å². The fraction of sp³-hybridized carbons (Fsp3) is 0.323. The summed E-state index contributed by atoms with van der Waals surface area (Å²) in [5, 5.41) is 1.47. The predicted molar refractivity (Wildman–Crippen MR) is 159 cm³/mol. The maximum absolute atomic E-state index is 14.3. The van der Waals surface area contributed by atoms with Crippen LogP contribution in [0.1, 0.15) is 47.8 Å². The summed E-state index contributed by atoms with van der Waals surface area (Å²) in [5.41, 5.74) is 3.23. The monoisotopic (exact) mass is 566 g/mol. The maximum Gasteiger partial charge on any atom is 0.266 e. The van der Waals surface area contributed by atoms with E-state index in [-0.39, 0.29) is 11.9 Å². The van der Waals surface area contributed by atoms with Crippen LogP contribution in [0.25, 0.3) is 21.2 Å². The first-order valence-electron chi connectivity index (χ1n) is 13.1. The lowest BCUT2D eigenvalue weighted by molar-refractivity contribution is 0.0589. The van der Waals surface area contributed by atoms with E-state index in [1.165, 1.54) is 11.3 Å². The van der Waals surface area contributed by atoms with E-state index >= 15 is 0 Å². The summed E-state index contributed by atoms with van der Waals surface area (Å²) in [4.78, 5) is 16.9. The molecule has 1 heterocycles. The topological polar surface area (TPSA) is 32.8 Å². The largest absolute Gasteiger partial charge is 0.494 e. The summed E-state index contributed by atoms with van der Waals surface area (Å²) in [6.45, 7) is 2.99. The Morgan fingerprint density at radius 2 is 1.63 bits per heavy atom. The van der Waals surface area contributed by atoms with Crippen molar-refractivity contribution < 1.29 is 9.53 Å². The zero-order valence-corrected chi connectivity index (χ0v) is 24.0. The van der Waals surface area contributed by atoms with Crippen molar-refractivity contribution in [2.24, 2.45) is 0 Å². The van der Waals surface area contributed by atoms with Gasteiger partial charge in [0.05, 0.1) is 11.6 Å². The molecule has 198 valence electrons. The Hall–Kier alpha value is -2.57. The molecular weight excluding hydrogens is 535 g/mol. The minimum Gasteiger partial charge on any atom is -0.494 e. The molecule has 4 aromatic rings. The number of ether oxygens (including phenoxy) is 1. The number of carbonyl (C=O) groups excluding carboxylic acids is 1. The molecule has 0 N–H and O–H groups in total. The lowest BCUT2D eigenvalue weighted by Gasteiger charge is -2.38. The molecule has 0 unspecified atom stereocenters. The molecule has 38 heavy (non-hydrogen) atoms. The van der Waals surface area contributed by atoms with E-state index in [0.29, 0.717) is 29.1 Å². The zero-order chi connectivity index (χ0) is 26.6. The van der Waals surface area contributed by atoms with E-state index in [9.17, 15) is 4.79 Å². The first kappa shape index (κ1) is 27.0. The molecule has 0 radical (unpaired) electrons. The third-order valence-corrected chi connectivity index (χ3v) is 9.35. The van der Waals surface area contributed by atoms with Crippen LogP contribution in [0.2, 0.25) is 5.02 Å². The van der Waals surface area contributed by atoms with Gasteiger partial charge in [0.25, 0.3) is 5.91 Å². The predicted octanol–water partition coefficient (Wildman–Crippen LogP) is 8.66. The second-order valence-electron chi connectivity index (χ2n) is 9.78. The fourth-order valence-electron chi connectivity index (χ4n) is 5.37. The van der Waals surface area contributed by atoms with Gasteiger partial charge in [0, 0.05) is 41.3 Å². The minimum absolute atomic E-state index is 0.0218. The van der Waals surface area contributed by atoms with Gasteiger partial charge in [-0.05, 0) is 73.7 Å². The Bertz CT molecular complexity index is 1400. The number of amides is 1. The molecule has 5 rings (SSSR count). The van der Waals surface area contributed by atoms with Crippen molar-refractivity contribution in [3.8, 4) is 16.9 Å². The molecule has 1 aliphatic carbocycles. The number of carbonyl (C=O) groups is 1. The van der Waals surface area contributed by atoms with Gasteiger partial charge < -0.3 is 9.64 Å². The van der Waals surface area contributed by atoms with Gasteiger partial charge in [-0.25, -0.2) is 4.42 Å². The van der Waals surface area contributed by atoms with Crippen molar-refractivity contribution in [2.45, 2.75) is 51.2 Å². The summed E-state index contributed by atoms with van der Waals surface area (Å²) >= 11 is 14.6. The summed E-state index contributed by atoms with van der Waals surface area (Å²) in [5.74, 6) is 0.785. The standard InChI is InChI=1S/C31H32Cl2N2O2S/c1-3-37-27-18-13-22(21-9-5-4-6-10-21)19-23(27)20-35(25-16-14-24(15-17-25)34(2)33)31(36)30-29(32)26-11-7-8-12-28(26)38-30/h4-13,18-19,24-25H,3,14-17,20H2,1-2H3. The van der Waals surface area contributed by atoms with Crippen LogP contribution < -0.4 is 4.74 Å². The van der Waals surface area contributed by atoms with E-state index in [1.807, 2.05) is 67.4 Å². The molecule has 4 nitrogen and oxygen atoms in total. The Balaban J connectivity index is 1.53. The molecule has 0 aliphatic heterocycles. The van der Waals surface area contributed by atoms with E-state index in [0.717, 1.165) is 58.2 Å². The number of rotatable bonds is 8. The van der Waals surface area contributed by atoms with Gasteiger partial charge in [0.1, 0.15) is 10.6 Å². The van der Waals surface area contributed by atoms with Crippen molar-refractivity contribution in [2.75, 3.05) is 13.7 Å². The van der Waals surface area contributed by atoms with Crippen molar-refractivity contribution in [1.82, 2.24) is 9.32 Å². The number of hydrogen-bond acceptors (Lipinski definition) is 4. The van der Waals surface area contributed by atoms with Crippen LogP contribution in [0.4, 0.5) is 0 Å². The smallest absolute Gasteiger partial charge is 0.266 e. The number of hydrogen-bond donors (Lipinski definition) is 0. The van der Waals surface area contributed by atoms with Gasteiger partial charge >= 0.3 is 0 Å². The molecule has 1 aromatic heterocycles. The Morgan fingerprint density at radius 1 is 0.947 bits per heavy atom. The number of nitrogens with zero attached hydrogens (tertiary/aromatic N) is 2. The second kappa shape index (κ2) is 12.1. The summed E-state index contributed by atoms with van der Waals surface area (Å²) in [6, 6.07) is 24.9. The summed E-state index contributed by atoms with van der Waals surface area (Å²) in [6.07, 6.45) is 3.66. The highest BCUT2D eigenvalue weighted by Crippen LogP contribution is 2.38. The summed E-state index contributed by atoms with van der Waals surface area (Å²) in [7, 11) is 1.91. The van der Waals surface area contributed by atoms with Crippen LogP contribution in [0, 0.1) is 0 Å². The molecule has 1 fully saturated rings. The Labute approximate surface area is 238 Å². The van der Waals surface area contributed by atoms with Gasteiger partial charge in [-0.3, -0.25) is 4.79 Å². The van der Waals surface area contributed by atoms with Gasteiger partial charge in [-0.2, -0.15) is 0 Å². The third-order valence-electron chi connectivity index (χ3n) is 7.41. The van der Waals surface area contributed by atoms with Crippen LogP contribution in [-0.4, -0.2) is 41.0 Å². The van der Waals surface area contributed by atoms with Crippen LogP contribution >= 0.6 is 34.7 Å². The average molecular weight is 568 g/mol. The zero-order valence-electron chi connectivity index (χ0n) is 21.7. The Kier molecular flexibility index (Phi) is 8.59. The molecule has 0 bridgehead atoms. The molecule has 0 spiro atoms. The lowest BCUT2D eigenvalue weighted by Crippen LogP contribution is -2.44. The first-order valence-corrected chi connectivity index (χ1v) is 14.7. The number of halogens is 2. The number of fused-ring (bicyclic) bond motifs is 1. The van der Waals surface area contributed by atoms with Gasteiger partial charge in [-0.15, -0.1) is 11.3 Å². The van der Waals surface area contributed by atoms with E-state index < -0.39 is 0 Å². The van der Waals surface area contributed by atoms with E-state index in [4.69, 9.17) is 28.1 Å². The second-order valence-corrected chi connectivity index (χ2v) is 11.7. The highest BCUT2D eigenvalue weighted by molar-refractivity contribution is 7.21. The number of benzene rings is 3. The van der Waals surface area contributed by atoms with Crippen molar-refractivity contribution >= 4 is 50.7 Å². The fourth-order valence-corrected chi connectivity index (χ4v) is 7.03.